The Bertz CT molecular complexity index is 697. The summed E-state index contributed by atoms with van der Waals surface area (Å²) >= 11 is 0. The van der Waals surface area contributed by atoms with E-state index in [-0.39, 0.29) is 11.7 Å². The molecule has 3 rings (SSSR count). The molecule has 0 fully saturated rings. The molecule has 1 aromatic heterocycles. The number of rotatable bonds is 4. The lowest BCUT2D eigenvalue weighted by Crippen LogP contribution is -2.07. The van der Waals surface area contributed by atoms with Gasteiger partial charge < -0.3 is 4.84 Å². The minimum atomic E-state index is -0.194. The smallest absolute Gasteiger partial charge is 0.123 e. The van der Waals surface area contributed by atoms with Crippen molar-refractivity contribution < 1.29 is 9.23 Å². The Morgan fingerprint density at radius 3 is 2.82 bits per heavy atom. The molecule has 2 aromatic rings. The van der Waals surface area contributed by atoms with E-state index in [0.717, 1.165) is 24.0 Å². The van der Waals surface area contributed by atoms with E-state index in [0.29, 0.717) is 6.61 Å². The molecule has 0 spiro atoms. The normalized spacial score (nSPS) is 19.1. The van der Waals surface area contributed by atoms with Crippen LogP contribution in [0, 0.1) is 5.82 Å². The van der Waals surface area contributed by atoms with Gasteiger partial charge in [-0.3, -0.25) is 4.98 Å². The molecule has 22 heavy (non-hydrogen) atoms. The van der Waals surface area contributed by atoms with Crippen molar-refractivity contribution >= 4 is 5.57 Å². The average Bonchev–Trinajstić information content (AvgIpc) is 2.90. The van der Waals surface area contributed by atoms with Crippen LogP contribution in [-0.2, 0) is 11.3 Å². The van der Waals surface area contributed by atoms with Crippen molar-refractivity contribution in [3.05, 3.63) is 70.8 Å². The summed E-state index contributed by atoms with van der Waals surface area (Å²) in [5, 5.41) is 0. The summed E-state index contributed by atoms with van der Waals surface area (Å²) in [6.45, 7) is 2.57. The number of hydrogen-bond acceptors (Lipinski definition) is 3. The van der Waals surface area contributed by atoms with Gasteiger partial charge in [0, 0.05) is 18.3 Å². The second-order valence-corrected chi connectivity index (χ2v) is 5.62. The predicted octanol–water partition coefficient (Wildman–Crippen LogP) is 3.61. The van der Waals surface area contributed by atoms with Gasteiger partial charge in [-0.1, -0.05) is 11.6 Å². The zero-order chi connectivity index (χ0) is 15.5. The van der Waals surface area contributed by atoms with Crippen LogP contribution in [0.1, 0.15) is 36.0 Å². The number of aromatic nitrogens is 1. The van der Waals surface area contributed by atoms with E-state index < -0.39 is 0 Å². The van der Waals surface area contributed by atoms with E-state index in [1.54, 1.807) is 18.5 Å². The van der Waals surface area contributed by atoms with E-state index in [1.165, 1.54) is 22.8 Å². The summed E-state index contributed by atoms with van der Waals surface area (Å²) in [4.78, 5) is 8.82. The Morgan fingerprint density at radius 1 is 1.32 bits per heavy atom. The van der Waals surface area contributed by atoms with E-state index >= 15 is 0 Å². The zero-order valence-electron chi connectivity index (χ0n) is 12.6. The first kappa shape index (κ1) is 14.9. The molecule has 1 aliphatic carbocycles. The molecule has 0 bridgehead atoms. The zero-order valence-corrected chi connectivity index (χ0v) is 12.6. The SMILES string of the molecule is C/C(=C1/Cc2ccc(F)cc2C1CCON)c1ccncc1. The maximum absolute atomic E-state index is 13.6. The van der Waals surface area contributed by atoms with E-state index in [9.17, 15) is 4.39 Å². The summed E-state index contributed by atoms with van der Waals surface area (Å²) in [6, 6.07) is 9.06. The summed E-state index contributed by atoms with van der Waals surface area (Å²) in [6.07, 6.45) is 5.18. The van der Waals surface area contributed by atoms with Crippen molar-refractivity contribution in [1.82, 2.24) is 4.98 Å². The minimum absolute atomic E-state index is 0.155. The van der Waals surface area contributed by atoms with Crippen molar-refractivity contribution in [2.75, 3.05) is 6.61 Å². The van der Waals surface area contributed by atoms with Crippen molar-refractivity contribution in [2.24, 2.45) is 5.90 Å². The van der Waals surface area contributed by atoms with Gasteiger partial charge in [-0.25, -0.2) is 10.3 Å². The molecule has 0 aliphatic heterocycles. The molecule has 4 heteroatoms. The van der Waals surface area contributed by atoms with Crippen LogP contribution in [0.5, 0.6) is 0 Å². The largest absolute Gasteiger partial charge is 0.305 e. The van der Waals surface area contributed by atoms with Crippen LogP contribution in [0.2, 0.25) is 0 Å². The first-order chi connectivity index (χ1) is 10.7. The second-order valence-electron chi connectivity index (χ2n) is 5.62. The monoisotopic (exact) mass is 298 g/mol. The van der Waals surface area contributed by atoms with Crippen LogP contribution < -0.4 is 5.90 Å². The van der Waals surface area contributed by atoms with Crippen molar-refractivity contribution in [3.63, 3.8) is 0 Å². The number of nitrogens with zero attached hydrogens (tertiary/aromatic N) is 1. The van der Waals surface area contributed by atoms with Gasteiger partial charge in [0.25, 0.3) is 0 Å². The van der Waals surface area contributed by atoms with Gasteiger partial charge in [-0.05, 0) is 66.3 Å². The molecule has 1 aromatic carbocycles. The number of benzene rings is 1. The van der Waals surface area contributed by atoms with E-state index in [4.69, 9.17) is 10.7 Å². The molecule has 3 nitrogen and oxygen atoms in total. The molecule has 2 N–H and O–H groups in total. The Balaban J connectivity index is 2.04. The molecular formula is C18H19FN2O. The topological polar surface area (TPSA) is 48.1 Å². The summed E-state index contributed by atoms with van der Waals surface area (Å²) in [5.41, 5.74) is 5.93. The predicted molar refractivity (Wildman–Crippen MR) is 84.4 cm³/mol. The fraction of sp³-hybridized carbons (Fsp3) is 0.278. The summed E-state index contributed by atoms with van der Waals surface area (Å²) < 4.78 is 13.6. The van der Waals surface area contributed by atoms with Gasteiger partial charge in [-0.2, -0.15) is 0 Å². The number of nitrogens with two attached hydrogens (primary N) is 1. The molecule has 0 radical (unpaired) electrons. The molecule has 1 unspecified atom stereocenters. The summed E-state index contributed by atoms with van der Waals surface area (Å²) in [7, 11) is 0. The highest BCUT2D eigenvalue weighted by Crippen LogP contribution is 2.43. The van der Waals surface area contributed by atoms with Crippen molar-refractivity contribution in [3.8, 4) is 0 Å². The molecule has 1 heterocycles. The molecule has 0 saturated carbocycles. The highest BCUT2D eigenvalue weighted by molar-refractivity contribution is 5.71. The first-order valence-corrected chi connectivity index (χ1v) is 7.40. The number of halogens is 1. The molecule has 1 atom stereocenters. The molecule has 0 amide bonds. The van der Waals surface area contributed by atoms with E-state index in [2.05, 4.69) is 11.9 Å². The van der Waals surface area contributed by atoms with Gasteiger partial charge in [-0.15, -0.1) is 0 Å². The van der Waals surface area contributed by atoms with Crippen LogP contribution >= 0.6 is 0 Å². The highest BCUT2D eigenvalue weighted by Gasteiger charge is 2.29. The maximum atomic E-state index is 13.6. The molecular weight excluding hydrogens is 279 g/mol. The lowest BCUT2D eigenvalue weighted by Gasteiger charge is -2.16. The van der Waals surface area contributed by atoms with Crippen LogP contribution in [-0.4, -0.2) is 11.6 Å². The number of allylic oxidation sites excluding steroid dienone is 2. The third kappa shape index (κ3) is 2.80. The van der Waals surface area contributed by atoms with E-state index in [1.807, 2.05) is 18.2 Å². The van der Waals surface area contributed by atoms with Gasteiger partial charge in [0.05, 0.1) is 6.61 Å². The van der Waals surface area contributed by atoms with Gasteiger partial charge in [0.15, 0.2) is 0 Å². The van der Waals surface area contributed by atoms with Crippen LogP contribution in [0.3, 0.4) is 0 Å². The Labute approximate surface area is 129 Å². The van der Waals surface area contributed by atoms with Gasteiger partial charge in [0.2, 0.25) is 0 Å². The quantitative estimate of drug-likeness (QED) is 0.877. The lowest BCUT2D eigenvalue weighted by molar-refractivity contribution is 0.132. The van der Waals surface area contributed by atoms with Crippen LogP contribution in [0.4, 0.5) is 4.39 Å². The molecule has 1 aliphatic rings. The number of hydrogen-bond donors (Lipinski definition) is 1. The van der Waals surface area contributed by atoms with Gasteiger partial charge >= 0.3 is 0 Å². The first-order valence-electron chi connectivity index (χ1n) is 7.40. The van der Waals surface area contributed by atoms with Crippen molar-refractivity contribution in [2.45, 2.75) is 25.7 Å². The standard InChI is InChI=1S/C18H19FN2O/c1-12(13-4-7-21-8-5-13)17-10-14-2-3-15(19)11-18(14)16(17)6-9-22-20/h2-5,7-8,11,16H,6,9-10,20H2,1H3/b17-12+. The third-order valence-corrected chi connectivity index (χ3v) is 4.40. The molecule has 114 valence electrons. The fourth-order valence-corrected chi connectivity index (χ4v) is 3.26. The number of fused-ring (bicyclic) bond motifs is 1. The third-order valence-electron chi connectivity index (χ3n) is 4.40. The van der Waals surface area contributed by atoms with Crippen molar-refractivity contribution in [1.29, 1.82) is 0 Å². The van der Waals surface area contributed by atoms with Crippen LogP contribution in [0.25, 0.3) is 5.57 Å². The average molecular weight is 298 g/mol. The Hall–Kier alpha value is -2.04. The Kier molecular flexibility index (Phi) is 4.32. The summed E-state index contributed by atoms with van der Waals surface area (Å²) in [5.74, 6) is 5.15. The maximum Gasteiger partial charge on any atom is 0.123 e. The second kappa shape index (κ2) is 6.38. The Morgan fingerprint density at radius 2 is 2.09 bits per heavy atom. The number of pyridine rings is 1. The van der Waals surface area contributed by atoms with Gasteiger partial charge in [0.1, 0.15) is 5.82 Å². The fourth-order valence-electron chi connectivity index (χ4n) is 3.26. The van der Waals surface area contributed by atoms with Crippen LogP contribution in [0.15, 0.2) is 48.3 Å². The highest BCUT2D eigenvalue weighted by atomic mass is 19.1. The lowest BCUT2D eigenvalue weighted by atomic mass is 9.89. The molecule has 0 saturated heterocycles. The minimum Gasteiger partial charge on any atom is -0.305 e.